The first kappa shape index (κ1) is 10.6. The molecule has 0 spiro atoms. The molecule has 1 fully saturated rings. The Bertz CT molecular complexity index is 283. The Labute approximate surface area is 90.5 Å². The fourth-order valence-corrected chi connectivity index (χ4v) is 2.56. The third-order valence-corrected chi connectivity index (χ3v) is 3.88. The van der Waals surface area contributed by atoms with Gasteiger partial charge in [0, 0.05) is 11.5 Å². The minimum atomic E-state index is 0.344. The van der Waals surface area contributed by atoms with Crippen LogP contribution in [0, 0.1) is 0 Å². The number of hydrogen-bond donors (Lipinski definition) is 1. The van der Waals surface area contributed by atoms with E-state index in [2.05, 4.69) is 29.5 Å². The van der Waals surface area contributed by atoms with Crippen molar-refractivity contribution in [2.75, 3.05) is 7.05 Å². The van der Waals surface area contributed by atoms with E-state index >= 15 is 0 Å². The molecular formula is C11H19N3O. The molecule has 2 rings (SSSR count). The molecule has 1 aromatic heterocycles. The molecule has 0 atom stereocenters. The van der Waals surface area contributed by atoms with Gasteiger partial charge >= 0.3 is 0 Å². The molecule has 0 amide bonds. The predicted octanol–water partition coefficient (Wildman–Crippen LogP) is 2.10. The monoisotopic (exact) mass is 209 g/mol. The van der Waals surface area contributed by atoms with Gasteiger partial charge in [-0.25, -0.2) is 0 Å². The van der Waals surface area contributed by atoms with Crippen LogP contribution in [0.25, 0.3) is 0 Å². The van der Waals surface area contributed by atoms with Gasteiger partial charge in [0.15, 0.2) is 0 Å². The first-order valence-corrected chi connectivity index (χ1v) is 5.74. The summed E-state index contributed by atoms with van der Waals surface area (Å²) in [5.41, 5.74) is 0.344. The summed E-state index contributed by atoms with van der Waals surface area (Å²) in [5.74, 6) is 1.29. The van der Waals surface area contributed by atoms with Crippen molar-refractivity contribution in [2.24, 2.45) is 0 Å². The number of hydrogen-bond acceptors (Lipinski definition) is 4. The van der Waals surface area contributed by atoms with E-state index in [0.717, 1.165) is 18.7 Å². The molecule has 15 heavy (non-hydrogen) atoms. The average molecular weight is 209 g/mol. The zero-order valence-corrected chi connectivity index (χ0v) is 9.49. The largest absolute Gasteiger partial charge is 0.428 e. The second-order valence-corrected chi connectivity index (χ2v) is 4.44. The summed E-state index contributed by atoms with van der Waals surface area (Å²) in [6.45, 7) is 2.25. The summed E-state index contributed by atoms with van der Waals surface area (Å²) >= 11 is 0. The van der Waals surface area contributed by atoms with E-state index in [0.29, 0.717) is 11.5 Å². The second kappa shape index (κ2) is 4.31. The molecule has 4 nitrogen and oxygen atoms in total. The maximum atomic E-state index is 5.27. The minimum absolute atomic E-state index is 0.344. The van der Waals surface area contributed by atoms with Crippen LogP contribution in [0.2, 0.25) is 0 Å². The summed E-state index contributed by atoms with van der Waals surface area (Å²) in [5, 5.41) is 11.2. The van der Waals surface area contributed by atoms with Crippen molar-refractivity contribution in [3.05, 3.63) is 12.3 Å². The highest BCUT2D eigenvalue weighted by molar-refractivity contribution is 4.99. The Morgan fingerprint density at radius 2 is 2.27 bits per heavy atom. The first-order valence-electron chi connectivity index (χ1n) is 5.74. The van der Waals surface area contributed by atoms with E-state index in [4.69, 9.17) is 4.42 Å². The van der Waals surface area contributed by atoms with E-state index in [-0.39, 0.29) is 0 Å². The summed E-state index contributed by atoms with van der Waals surface area (Å²) in [6, 6.07) is 0. The molecule has 84 valence electrons. The average Bonchev–Trinajstić information content (AvgIpc) is 2.83. The van der Waals surface area contributed by atoms with Crippen LogP contribution < -0.4 is 5.32 Å². The van der Waals surface area contributed by atoms with Crippen molar-refractivity contribution < 1.29 is 4.42 Å². The molecule has 1 saturated carbocycles. The SMILES string of the molecule is CCC1(NC)CCC(c2nnco2)CC1. The third kappa shape index (κ3) is 2.04. The standard InChI is InChI=1S/C11H19N3O/c1-3-11(12-2)6-4-9(5-7-11)10-14-13-8-15-10/h8-9,12H,3-7H2,1-2H3. The lowest BCUT2D eigenvalue weighted by molar-refractivity contribution is 0.208. The maximum Gasteiger partial charge on any atom is 0.219 e. The zero-order valence-electron chi connectivity index (χ0n) is 9.49. The molecule has 1 aromatic rings. The molecule has 1 aliphatic rings. The zero-order chi connectivity index (χ0) is 10.7. The van der Waals surface area contributed by atoms with Gasteiger partial charge in [0.1, 0.15) is 0 Å². The van der Waals surface area contributed by atoms with Crippen molar-refractivity contribution in [1.82, 2.24) is 15.5 Å². The Hall–Kier alpha value is -0.900. The lowest BCUT2D eigenvalue weighted by atomic mass is 9.75. The molecule has 4 heteroatoms. The Kier molecular flexibility index (Phi) is 3.05. The van der Waals surface area contributed by atoms with Gasteiger partial charge < -0.3 is 9.73 Å². The smallest absolute Gasteiger partial charge is 0.219 e. The Balaban J connectivity index is 1.97. The van der Waals surface area contributed by atoms with Gasteiger partial charge in [0.05, 0.1) is 0 Å². The summed E-state index contributed by atoms with van der Waals surface area (Å²) in [6.07, 6.45) is 7.32. The fourth-order valence-electron chi connectivity index (χ4n) is 2.56. The maximum absolute atomic E-state index is 5.27. The van der Waals surface area contributed by atoms with Crippen molar-refractivity contribution in [1.29, 1.82) is 0 Å². The van der Waals surface area contributed by atoms with Crippen LogP contribution in [0.3, 0.4) is 0 Å². The van der Waals surface area contributed by atoms with Crippen LogP contribution in [0.1, 0.15) is 50.8 Å². The molecule has 0 saturated heterocycles. The van der Waals surface area contributed by atoms with Gasteiger partial charge in [-0.05, 0) is 39.2 Å². The molecule has 1 N–H and O–H groups in total. The van der Waals surface area contributed by atoms with E-state index in [1.165, 1.54) is 25.7 Å². The second-order valence-electron chi connectivity index (χ2n) is 4.44. The Morgan fingerprint density at radius 3 is 2.73 bits per heavy atom. The molecule has 0 unspecified atom stereocenters. The van der Waals surface area contributed by atoms with E-state index < -0.39 is 0 Å². The quantitative estimate of drug-likeness (QED) is 0.828. The lowest BCUT2D eigenvalue weighted by Crippen LogP contribution is -2.45. The highest BCUT2D eigenvalue weighted by Crippen LogP contribution is 2.38. The van der Waals surface area contributed by atoms with Crippen molar-refractivity contribution in [2.45, 2.75) is 50.5 Å². The van der Waals surface area contributed by atoms with Crippen LogP contribution in [-0.4, -0.2) is 22.8 Å². The van der Waals surface area contributed by atoms with E-state index in [1.54, 1.807) is 0 Å². The van der Waals surface area contributed by atoms with Gasteiger partial charge in [-0.1, -0.05) is 6.92 Å². The Morgan fingerprint density at radius 1 is 1.53 bits per heavy atom. The van der Waals surface area contributed by atoms with Gasteiger partial charge in [0.2, 0.25) is 12.3 Å². The van der Waals surface area contributed by atoms with Crippen molar-refractivity contribution in [3.8, 4) is 0 Å². The molecule has 1 aliphatic carbocycles. The fraction of sp³-hybridized carbons (Fsp3) is 0.818. The van der Waals surface area contributed by atoms with Gasteiger partial charge in [-0.2, -0.15) is 0 Å². The summed E-state index contributed by atoms with van der Waals surface area (Å²) in [7, 11) is 2.07. The van der Waals surface area contributed by atoms with Crippen molar-refractivity contribution in [3.63, 3.8) is 0 Å². The van der Waals surface area contributed by atoms with Gasteiger partial charge in [0.25, 0.3) is 0 Å². The van der Waals surface area contributed by atoms with Crippen LogP contribution in [0.15, 0.2) is 10.8 Å². The first-order chi connectivity index (χ1) is 7.29. The van der Waals surface area contributed by atoms with Crippen molar-refractivity contribution >= 4 is 0 Å². The van der Waals surface area contributed by atoms with Crippen LogP contribution in [0.4, 0.5) is 0 Å². The van der Waals surface area contributed by atoms with Crippen LogP contribution >= 0.6 is 0 Å². The third-order valence-electron chi connectivity index (χ3n) is 3.88. The summed E-state index contributed by atoms with van der Waals surface area (Å²) < 4.78 is 5.27. The number of rotatable bonds is 3. The summed E-state index contributed by atoms with van der Waals surface area (Å²) in [4.78, 5) is 0. The molecule has 0 bridgehead atoms. The van der Waals surface area contributed by atoms with Crippen LogP contribution in [-0.2, 0) is 0 Å². The minimum Gasteiger partial charge on any atom is -0.428 e. The van der Waals surface area contributed by atoms with Gasteiger partial charge in [-0.3, -0.25) is 0 Å². The molecule has 0 aromatic carbocycles. The predicted molar refractivity (Wildman–Crippen MR) is 57.6 cm³/mol. The molecule has 1 heterocycles. The van der Waals surface area contributed by atoms with Gasteiger partial charge in [-0.15, -0.1) is 10.2 Å². The number of aromatic nitrogens is 2. The highest BCUT2D eigenvalue weighted by atomic mass is 16.4. The number of nitrogens with zero attached hydrogens (tertiary/aromatic N) is 2. The number of nitrogens with one attached hydrogen (secondary N) is 1. The van der Waals surface area contributed by atoms with E-state index in [9.17, 15) is 0 Å². The van der Waals surface area contributed by atoms with Crippen LogP contribution in [0.5, 0.6) is 0 Å². The van der Waals surface area contributed by atoms with E-state index in [1.807, 2.05) is 0 Å². The molecule has 0 aliphatic heterocycles. The lowest BCUT2D eigenvalue weighted by Gasteiger charge is -2.38. The molecular weight excluding hydrogens is 190 g/mol. The topological polar surface area (TPSA) is 51.0 Å². The normalized spacial score (nSPS) is 31.7. The molecule has 0 radical (unpaired) electrons. The highest BCUT2D eigenvalue weighted by Gasteiger charge is 2.34.